The molecule has 0 aliphatic heterocycles. The van der Waals surface area contributed by atoms with Crippen LogP contribution >= 0.6 is 11.6 Å². The number of carbonyl (C=O) groups excluding carboxylic acids is 1. The summed E-state index contributed by atoms with van der Waals surface area (Å²) in [5, 5.41) is 0.00622. The highest BCUT2D eigenvalue weighted by Gasteiger charge is 2.27. The maximum atomic E-state index is 12.2. The Bertz CT molecular complexity index is 539. The molecule has 1 aromatic rings. The summed E-state index contributed by atoms with van der Waals surface area (Å²) in [7, 11) is -1.51. The van der Waals surface area contributed by atoms with Crippen LogP contribution in [0.2, 0.25) is 5.02 Å². The lowest BCUT2D eigenvalue weighted by Crippen LogP contribution is -2.33. The number of ether oxygens (including phenoxy) is 1. The Balaban J connectivity index is 3.18. The number of carbonyl (C=O) groups is 1. The number of methoxy groups -OCH3 is 1. The Morgan fingerprint density at radius 1 is 1.50 bits per heavy atom. The number of likely N-dealkylation sites (N-methyl/N-ethyl adjacent to an activating group) is 1. The van der Waals surface area contributed by atoms with Crippen molar-refractivity contribution < 1.29 is 17.9 Å². The van der Waals surface area contributed by atoms with Crippen LogP contribution in [0.5, 0.6) is 0 Å². The van der Waals surface area contributed by atoms with E-state index in [0.717, 1.165) is 4.31 Å². The summed E-state index contributed by atoms with van der Waals surface area (Å²) in [5.74, 6) is -0.674. The smallest absolute Gasteiger partial charge is 0.321 e. The molecule has 0 amide bonds. The Kier molecular flexibility index (Phi) is 4.55. The van der Waals surface area contributed by atoms with Gasteiger partial charge in [-0.05, 0) is 12.1 Å². The number of halogens is 1. The molecule has 0 radical (unpaired) electrons. The minimum Gasteiger partial charge on any atom is -0.468 e. The van der Waals surface area contributed by atoms with Gasteiger partial charge in [0.1, 0.15) is 11.4 Å². The molecule has 8 heteroatoms. The third-order valence-corrected chi connectivity index (χ3v) is 4.59. The topological polar surface area (TPSA) is 89.7 Å². The largest absolute Gasteiger partial charge is 0.468 e. The summed E-state index contributed by atoms with van der Waals surface area (Å²) >= 11 is 5.83. The highest BCUT2D eigenvalue weighted by Crippen LogP contribution is 2.29. The van der Waals surface area contributed by atoms with E-state index in [9.17, 15) is 13.2 Å². The van der Waals surface area contributed by atoms with Crippen molar-refractivity contribution in [3.63, 3.8) is 0 Å². The van der Waals surface area contributed by atoms with Crippen molar-refractivity contribution in [1.82, 2.24) is 4.31 Å². The van der Waals surface area contributed by atoms with Gasteiger partial charge in [0.05, 0.1) is 17.8 Å². The number of rotatable bonds is 4. The molecule has 100 valence electrons. The van der Waals surface area contributed by atoms with Crippen LogP contribution in [0, 0.1) is 0 Å². The standard InChI is InChI=1S/C10H13ClN2O4S/c1-13(6-9(14)17-2)18(15,16)10-7(11)4-3-5-8(10)12/h3-5H,6,12H2,1-2H3. The molecule has 0 aromatic heterocycles. The molecule has 2 N–H and O–H groups in total. The zero-order chi connectivity index (χ0) is 13.9. The Morgan fingerprint density at radius 2 is 2.11 bits per heavy atom. The van der Waals surface area contributed by atoms with Gasteiger partial charge in [0.25, 0.3) is 0 Å². The number of hydrogen-bond donors (Lipinski definition) is 1. The molecule has 0 spiro atoms. The first-order chi connectivity index (χ1) is 8.30. The zero-order valence-electron chi connectivity index (χ0n) is 9.88. The third kappa shape index (κ3) is 2.92. The van der Waals surface area contributed by atoms with E-state index in [4.69, 9.17) is 17.3 Å². The van der Waals surface area contributed by atoms with E-state index in [0.29, 0.717) is 0 Å². The molecule has 6 nitrogen and oxygen atoms in total. The van der Waals surface area contributed by atoms with Gasteiger partial charge in [-0.15, -0.1) is 0 Å². The maximum Gasteiger partial charge on any atom is 0.321 e. The molecular formula is C10H13ClN2O4S. The first-order valence-electron chi connectivity index (χ1n) is 4.88. The second-order valence-electron chi connectivity index (χ2n) is 3.50. The predicted octanol–water partition coefficient (Wildman–Crippen LogP) is 0.716. The van der Waals surface area contributed by atoms with E-state index >= 15 is 0 Å². The number of sulfonamides is 1. The molecule has 1 rings (SSSR count). The van der Waals surface area contributed by atoms with Crippen LogP contribution in [0.1, 0.15) is 0 Å². The number of nitrogen functional groups attached to an aromatic ring is 1. The molecule has 0 bridgehead atoms. The molecule has 0 fully saturated rings. The molecule has 1 aromatic carbocycles. The summed E-state index contributed by atoms with van der Waals surface area (Å²) in [5.41, 5.74) is 5.63. The fourth-order valence-corrected chi connectivity index (χ4v) is 3.03. The molecule has 0 heterocycles. The number of hydrogen-bond acceptors (Lipinski definition) is 5. The van der Waals surface area contributed by atoms with Crippen LogP contribution in [0.15, 0.2) is 23.1 Å². The number of nitrogens with two attached hydrogens (primary N) is 1. The second kappa shape index (κ2) is 5.55. The maximum absolute atomic E-state index is 12.2. The Morgan fingerprint density at radius 3 is 2.61 bits per heavy atom. The van der Waals surface area contributed by atoms with Crippen LogP contribution in [0.3, 0.4) is 0 Å². The van der Waals surface area contributed by atoms with Crippen molar-refractivity contribution in [2.45, 2.75) is 4.90 Å². The zero-order valence-corrected chi connectivity index (χ0v) is 11.5. The van der Waals surface area contributed by atoms with Crippen LogP contribution in [-0.2, 0) is 19.6 Å². The summed E-state index contributed by atoms with van der Waals surface area (Å²) in [6, 6.07) is 4.37. The molecule has 0 saturated heterocycles. The van der Waals surface area contributed by atoms with E-state index in [2.05, 4.69) is 4.74 Å². The highest BCUT2D eigenvalue weighted by atomic mass is 35.5. The molecule has 0 unspecified atom stereocenters. The lowest BCUT2D eigenvalue weighted by molar-refractivity contribution is -0.140. The number of anilines is 1. The molecule has 0 saturated carbocycles. The van der Waals surface area contributed by atoms with Crippen molar-refractivity contribution in [2.75, 3.05) is 26.4 Å². The number of benzene rings is 1. The Labute approximate surface area is 110 Å². The minimum absolute atomic E-state index is 0.00622. The van der Waals surface area contributed by atoms with E-state index in [-0.39, 0.29) is 15.6 Å². The monoisotopic (exact) mass is 292 g/mol. The van der Waals surface area contributed by atoms with Crippen LogP contribution in [-0.4, -0.2) is 39.4 Å². The molecule has 0 aliphatic rings. The van der Waals surface area contributed by atoms with E-state index < -0.39 is 22.5 Å². The normalized spacial score (nSPS) is 11.6. The first-order valence-corrected chi connectivity index (χ1v) is 6.69. The van der Waals surface area contributed by atoms with Gasteiger partial charge in [-0.25, -0.2) is 8.42 Å². The van der Waals surface area contributed by atoms with Gasteiger partial charge in [0, 0.05) is 7.05 Å². The predicted molar refractivity (Wildman–Crippen MR) is 67.7 cm³/mol. The van der Waals surface area contributed by atoms with Gasteiger partial charge in [-0.2, -0.15) is 4.31 Å². The van der Waals surface area contributed by atoms with Gasteiger partial charge in [0.2, 0.25) is 10.0 Å². The highest BCUT2D eigenvalue weighted by molar-refractivity contribution is 7.89. The fourth-order valence-electron chi connectivity index (χ4n) is 1.28. The van der Waals surface area contributed by atoms with Gasteiger partial charge in [-0.3, -0.25) is 4.79 Å². The van der Waals surface area contributed by atoms with Crippen molar-refractivity contribution in [3.05, 3.63) is 23.2 Å². The minimum atomic E-state index is -3.93. The number of esters is 1. The van der Waals surface area contributed by atoms with Crippen molar-refractivity contribution in [3.8, 4) is 0 Å². The molecule has 18 heavy (non-hydrogen) atoms. The van der Waals surface area contributed by atoms with Gasteiger partial charge in [-0.1, -0.05) is 17.7 Å². The van der Waals surface area contributed by atoms with E-state index in [1.54, 1.807) is 0 Å². The van der Waals surface area contributed by atoms with Crippen LogP contribution in [0.25, 0.3) is 0 Å². The second-order valence-corrected chi connectivity index (χ2v) is 5.88. The summed E-state index contributed by atoms with van der Waals surface area (Å²) < 4.78 is 29.6. The van der Waals surface area contributed by atoms with Crippen molar-refractivity contribution in [2.24, 2.45) is 0 Å². The lowest BCUT2D eigenvalue weighted by atomic mass is 10.3. The van der Waals surface area contributed by atoms with Crippen LogP contribution in [0.4, 0.5) is 5.69 Å². The molecule has 0 atom stereocenters. The van der Waals surface area contributed by atoms with E-state index in [1.165, 1.54) is 32.4 Å². The van der Waals surface area contributed by atoms with Gasteiger partial charge >= 0.3 is 5.97 Å². The average molecular weight is 293 g/mol. The van der Waals surface area contributed by atoms with Crippen molar-refractivity contribution in [1.29, 1.82) is 0 Å². The number of nitrogens with zero attached hydrogens (tertiary/aromatic N) is 1. The summed E-state index contributed by atoms with van der Waals surface area (Å²) in [6.45, 7) is -0.413. The molecular weight excluding hydrogens is 280 g/mol. The lowest BCUT2D eigenvalue weighted by Gasteiger charge is -2.17. The third-order valence-electron chi connectivity index (χ3n) is 2.25. The quantitative estimate of drug-likeness (QED) is 0.652. The van der Waals surface area contributed by atoms with Gasteiger partial charge < -0.3 is 10.5 Å². The van der Waals surface area contributed by atoms with Crippen molar-refractivity contribution >= 4 is 33.3 Å². The Hall–Kier alpha value is -1.31. The average Bonchev–Trinajstić information content (AvgIpc) is 2.28. The van der Waals surface area contributed by atoms with E-state index in [1.807, 2.05) is 0 Å². The summed E-state index contributed by atoms with van der Waals surface area (Å²) in [6.07, 6.45) is 0. The SMILES string of the molecule is COC(=O)CN(C)S(=O)(=O)c1c(N)cccc1Cl. The molecule has 0 aliphatic carbocycles. The van der Waals surface area contributed by atoms with Gasteiger partial charge in [0.15, 0.2) is 0 Å². The van der Waals surface area contributed by atoms with Crippen LogP contribution < -0.4 is 5.73 Å². The fraction of sp³-hybridized carbons (Fsp3) is 0.300. The first kappa shape index (κ1) is 14.7. The summed E-state index contributed by atoms with van der Waals surface area (Å²) in [4.78, 5) is 10.9.